The van der Waals surface area contributed by atoms with Crippen molar-refractivity contribution in [2.45, 2.75) is 53.4 Å². The number of aliphatic carboxylic acids is 1. The number of carboxylic acids is 1. The minimum Gasteiger partial charge on any atom is -0.481 e. The summed E-state index contributed by atoms with van der Waals surface area (Å²) in [5.41, 5.74) is 1.94. The van der Waals surface area contributed by atoms with E-state index in [0.29, 0.717) is 46.7 Å². The van der Waals surface area contributed by atoms with Crippen LogP contribution in [0.3, 0.4) is 0 Å². The summed E-state index contributed by atoms with van der Waals surface area (Å²) in [5, 5.41) is 9.48. The second-order valence-corrected chi connectivity index (χ2v) is 9.91. The van der Waals surface area contributed by atoms with Crippen LogP contribution in [0.4, 0.5) is 0 Å². The Morgan fingerprint density at radius 1 is 1.17 bits per heavy atom. The minimum absolute atomic E-state index is 0.0626. The van der Waals surface area contributed by atoms with Crippen molar-refractivity contribution < 1.29 is 23.8 Å². The second kappa shape index (κ2) is 9.60. The smallest absolute Gasteiger partial charge is 0.316 e. The number of ether oxygens (including phenoxy) is 1. The van der Waals surface area contributed by atoms with Gasteiger partial charge in [0.2, 0.25) is 5.43 Å². The second-order valence-electron chi connectivity index (χ2n) is 9.91. The number of hydrogen-bond donors (Lipinski definition) is 1. The van der Waals surface area contributed by atoms with Crippen molar-refractivity contribution in [3.8, 4) is 17.1 Å². The first-order valence-corrected chi connectivity index (χ1v) is 12.0. The molecule has 36 heavy (non-hydrogen) atoms. The van der Waals surface area contributed by atoms with Gasteiger partial charge in [0, 0.05) is 26.0 Å². The van der Waals surface area contributed by atoms with E-state index < -0.39 is 17.4 Å². The van der Waals surface area contributed by atoms with Gasteiger partial charge in [-0.25, -0.2) is 4.98 Å². The lowest BCUT2D eigenvalue weighted by atomic mass is 9.97. The van der Waals surface area contributed by atoms with Crippen LogP contribution in [0.15, 0.2) is 45.6 Å². The Balaban J connectivity index is 1.94. The molecule has 0 unspecified atom stereocenters. The van der Waals surface area contributed by atoms with E-state index in [0.717, 1.165) is 11.0 Å². The standard InChI is InChI=1S/C28H30N2O6/c1-6-16-14-17-22(15-21(16)36-27(34)28(2,3)4)35-20(12-9-13-23(31)32)24(25(17)33)26-29-18-10-7-8-11-19(18)30(26)5/h7-8,10-11,14-15H,6,9,12-13H2,1-5H3,(H,31,32). The lowest BCUT2D eigenvalue weighted by molar-refractivity contribution is -0.143. The van der Waals surface area contributed by atoms with E-state index >= 15 is 0 Å². The van der Waals surface area contributed by atoms with E-state index in [2.05, 4.69) is 0 Å². The van der Waals surface area contributed by atoms with E-state index in [9.17, 15) is 14.4 Å². The summed E-state index contributed by atoms with van der Waals surface area (Å²) >= 11 is 0. The quantitative estimate of drug-likeness (QED) is 0.277. The molecule has 1 N–H and O–H groups in total. The molecule has 0 amide bonds. The van der Waals surface area contributed by atoms with Crippen molar-refractivity contribution in [1.82, 2.24) is 9.55 Å². The number of nitrogens with zero attached hydrogens (tertiary/aromatic N) is 2. The fourth-order valence-electron chi connectivity index (χ4n) is 4.11. The third-order valence-electron chi connectivity index (χ3n) is 6.15. The SMILES string of the molecule is CCc1cc2c(=O)c(-c3nc4ccccc4n3C)c(CCCC(=O)O)oc2cc1OC(=O)C(C)(C)C. The monoisotopic (exact) mass is 490 g/mol. The number of imidazole rings is 1. The third-order valence-corrected chi connectivity index (χ3v) is 6.15. The molecule has 0 aliphatic heterocycles. The number of para-hydroxylation sites is 2. The number of hydrogen-bond acceptors (Lipinski definition) is 6. The number of aryl methyl sites for hydroxylation is 3. The average molecular weight is 491 g/mol. The molecule has 2 aromatic heterocycles. The van der Waals surface area contributed by atoms with Gasteiger partial charge in [0.25, 0.3) is 0 Å². The summed E-state index contributed by atoms with van der Waals surface area (Å²) < 4.78 is 13.8. The first-order chi connectivity index (χ1) is 17.0. The molecule has 0 radical (unpaired) electrons. The molecule has 0 aliphatic rings. The Morgan fingerprint density at radius 3 is 2.53 bits per heavy atom. The zero-order valence-corrected chi connectivity index (χ0v) is 21.2. The molecule has 0 saturated carbocycles. The molecule has 8 nitrogen and oxygen atoms in total. The van der Waals surface area contributed by atoms with Crippen LogP contribution in [0.5, 0.6) is 5.75 Å². The van der Waals surface area contributed by atoms with Gasteiger partial charge in [-0.3, -0.25) is 14.4 Å². The molecule has 2 heterocycles. The zero-order valence-electron chi connectivity index (χ0n) is 21.2. The van der Waals surface area contributed by atoms with Crippen molar-refractivity contribution in [1.29, 1.82) is 0 Å². The van der Waals surface area contributed by atoms with Gasteiger partial charge >= 0.3 is 11.9 Å². The summed E-state index contributed by atoms with van der Waals surface area (Å²) in [6.07, 6.45) is 1.01. The Labute approximate surface area is 208 Å². The predicted octanol–water partition coefficient (Wildman–Crippen LogP) is 5.27. The topological polar surface area (TPSA) is 112 Å². The number of carboxylic acid groups (broad SMARTS) is 1. The number of esters is 1. The van der Waals surface area contributed by atoms with Gasteiger partial charge in [0.1, 0.15) is 28.5 Å². The molecule has 0 spiro atoms. The van der Waals surface area contributed by atoms with E-state index in [1.54, 1.807) is 32.9 Å². The maximum absolute atomic E-state index is 13.9. The van der Waals surface area contributed by atoms with Gasteiger partial charge in [-0.15, -0.1) is 0 Å². The highest BCUT2D eigenvalue weighted by molar-refractivity contribution is 5.87. The van der Waals surface area contributed by atoms with Crippen LogP contribution in [0.2, 0.25) is 0 Å². The van der Waals surface area contributed by atoms with Crippen molar-refractivity contribution in [2.24, 2.45) is 12.5 Å². The molecule has 4 rings (SSSR count). The fraction of sp³-hybridized carbons (Fsp3) is 0.357. The minimum atomic E-state index is -0.925. The van der Waals surface area contributed by atoms with Crippen molar-refractivity contribution in [2.75, 3.05) is 0 Å². The zero-order chi connectivity index (χ0) is 26.2. The molecule has 2 aromatic carbocycles. The number of benzene rings is 2. The van der Waals surface area contributed by atoms with Gasteiger partial charge in [-0.1, -0.05) is 19.1 Å². The molecular formula is C28H30N2O6. The number of aromatic nitrogens is 2. The molecule has 0 aliphatic carbocycles. The Bertz CT molecular complexity index is 1540. The largest absolute Gasteiger partial charge is 0.481 e. The Morgan fingerprint density at radius 2 is 1.89 bits per heavy atom. The molecular weight excluding hydrogens is 460 g/mol. The highest BCUT2D eigenvalue weighted by Crippen LogP contribution is 2.32. The summed E-state index contributed by atoms with van der Waals surface area (Å²) in [6.45, 7) is 7.23. The molecule has 0 bridgehead atoms. The van der Waals surface area contributed by atoms with E-state index in [1.165, 1.54) is 0 Å². The van der Waals surface area contributed by atoms with Crippen LogP contribution in [-0.4, -0.2) is 26.6 Å². The van der Waals surface area contributed by atoms with Gasteiger partial charge in [0.15, 0.2) is 0 Å². The van der Waals surface area contributed by atoms with Gasteiger partial charge in [-0.05, 0) is 57.4 Å². The van der Waals surface area contributed by atoms with E-state index in [4.69, 9.17) is 19.2 Å². The van der Waals surface area contributed by atoms with Crippen LogP contribution in [-0.2, 0) is 29.5 Å². The number of carbonyl (C=O) groups is 2. The lowest BCUT2D eigenvalue weighted by Crippen LogP contribution is -2.26. The highest BCUT2D eigenvalue weighted by atomic mass is 16.5. The van der Waals surface area contributed by atoms with Crippen LogP contribution < -0.4 is 10.2 Å². The van der Waals surface area contributed by atoms with Gasteiger partial charge in [-0.2, -0.15) is 0 Å². The van der Waals surface area contributed by atoms with Crippen LogP contribution in [0.1, 0.15) is 51.9 Å². The highest BCUT2D eigenvalue weighted by Gasteiger charge is 2.26. The predicted molar refractivity (Wildman–Crippen MR) is 137 cm³/mol. The molecule has 8 heteroatoms. The molecule has 0 saturated heterocycles. The maximum atomic E-state index is 13.9. The van der Waals surface area contributed by atoms with E-state index in [-0.39, 0.29) is 23.9 Å². The first-order valence-electron chi connectivity index (χ1n) is 12.0. The summed E-state index contributed by atoms with van der Waals surface area (Å²) in [4.78, 5) is 42.3. The number of rotatable bonds is 7. The van der Waals surface area contributed by atoms with Crippen LogP contribution >= 0.6 is 0 Å². The lowest BCUT2D eigenvalue weighted by Gasteiger charge is -2.18. The molecule has 4 aromatic rings. The summed E-state index contributed by atoms with van der Waals surface area (Å²) in [7, 11) is 1.84. The van der Waals surface area contributed by atoms with Crippen molar-refractivity contribution >= 4 is 33.9 Å². The molecule has 0 fully saturated rings. The van der Waals surface area contributed by atoms with Crippen molar-refractivity contribution in [3.63, 3.8) is 0 Å². The number of fused-ring (bicyclic) bond motifs is 2. The summed E-state index contributed by atoms with van der Waals surface area (Å²) in [6, 6.07) is 10.9. The van der Waals surface area contributed by atoms with Crippen LogP contribution in [0, 0.1) is 5.41 Å². The van der Waals surface area contributed by atoms with Gasteiger partial charge in [0.05, 0.1) is 21.8 Å². The van der Waals surface area contributed by atoms with E-state index in [1.807, 2.05) is 42.8 Å². The van der Waals surface area contributed by atoms with Crippen molar-refractivity contribution in [3.05, 3.63) is 57.9 Å². The number of carbonyl (C=O) groups excluding carboxylic acids is 1. The maximum Gasteiger partial charge on any atom is 0.316 e. The Hall–Kier alpha value is -3.94. The average Bonchev–Trinajstić information content (AvgIpc) is 3.14. The Kier molecular flexibility index (Phi) is 6.71. The van der Waals surface area contributed by atoms with Crippen LogP contribution in [0.25, 0.3) is 33.4 Å². The summed E-state index contributed by atoms with van der Waals surface area (Å²) in [5.74, 6) is -0.161. The third kappa shape index (κ3) is 4.76. The first kappa shape index (κ1) is 25.2. The molecule has 0 atom stereocenters. The fourth-order valence-corrected chi connectivity index (χ4v) is 4.11. The van der Waals surface area contributed by atoms with Gasteiger partial charge < -0.3 is 18.8 Å². The normalized spacial score (nSPS) is 11.8. The molecule has 188 valence electrons.